The van der Waals surface area contributed by atoms with Crippen LogP contribution >= 0.6 is 0 Å². The molecule has 0 fully saturated rings. The third kappa shape index (κ3) is 5.88. The molecule has 26 heavy (non-hydrogen) atoms. The molecule has 2 aromatic rings. The third-order valence-corrected chi connectivity index (χ3v) is 3.62. The lowest BCUT2D eigenvalue weighted by Gasteiger charge is -2.15. The highest BCUT2D eigenvalue weighted by Crippen LogP contribution is 2.14. The molecule has 0 aromatic heterocycles. The summed E-state index contributed by atoms with van der Waals surface area (Å²) in [5.74, 6) is -0.385. The predicted octanol–water partition coefficient (Wildman–Crippen LogP) is 3.22. The minimum Gasteiger partial charge on any atom is -0.491 e. The number of halogens is 1. The number of carbonyl (C=O) groups excluding carboxylic acids is 2. The van der Waals surface area contributed by atoms with Crippen LogP contribution in [-0.4, -0.2) is 24.5 Å². The molecule has 0 saturated heterocycles. The van der Waals surface area contributed by atoms with Gasteiger partial charge in [0.05, 0.1) is 18.7 Å². The lowest BCUT2D eigenvalue weighted by Crippen LogP contribution is -2.38. The van der Waals surface area contributed by atoms with E-state index in [9.17, 15) is 14.0 Å². The number of hydrogen-bond acceptors (Lipinski definition) is 3. The number of nitrogens with one attached hydrogen (secondary N) is 2. The van der Waals surface area contributed by atoms with Crippen molar-refractivity contribution in [3.05, 3.63) is 65.5 Å². The first-order chi connectivity index (χ1) is 12.3. The molecule has 0 aliphatic rings. The molecule has 6 heteroatoms. The van der Waals surface area contributed by atoms with Gasteiger partial charge in [-0.3, -0.25) is 9.59 Å². The molecular weight excluding hydrogens is 335 g/mol. The molecular formula is C20H23FN2O3. The van der Waals surface area contributed by atoms with Crippen LogP contribution in [0.3, 0.4) is 0 Å². The molecule has 138 valence electrons. The van der Waals surface area contributed by atoms with Gasteiger partial charge < -0.3 is 15.4 Å². The largest absolute Gasteiger partial charge is 0.491 e. The summed E-state index contributed by atoms with van der Waals surface area (Å²) in [4.78, 5) is 24.1. The SMILES string of the molecule is CC(C)Oc1ccc(C(=O)NCC(=O)NC(C)c2cccc(F)c2)cc1. The molecule has 2 aromatic carbocycles. The highest BCUT2D eigenvalue weighted by atomic mass is 19.1. The van der Waals surface area contributed by atoms with E-state index in [4.69, 9.17) is 4.74 Å². The quantitative estimate of drug-likeness (QED) is 0.799. The lowest BCUT2D eigenvalue weighted by molar-refractivity contribution is -0.120. The molecule has 0 saturated carbocycles. The van der Waals surface area contributed by atoms with E-state index in [0.29, 0.717) is 16.9 Å². The van der Waals surface area contributed by atoms with E-state index in [1.807, 2.05) is 13.8 Å². The van der Waals surface area contributed by atoms with Crippen molar-refractivity contribution < 1.29 is 18.7 Å². The zero-order valence-corrected chi connectivity index (χ0v) is 15.1. The van der Waals surface area contributed by atoms with Crippen LogP contribution in [0.15, 0.2) is 48.5 Å². The smallest absolute Gasteiger partial charge is 0.251 e. The van der Waals surface area contributed by atoms with Crippen molar-refractivity contribution in [3.63, 3.8) is 0 Å². The van der Waals surface area contributed by atoms with Gasteiger partial charge in [0.25, 0.3) is 5.91 Å². The average Bonchev–Trinajstić information content (AvgIpc) is 2.59. The highest BCUT2D eigenvalue weighted by molar-refractivity contribution is 5.96. The maximum absolute atomic E-state index is 13.2. The fraction of sp³-hybridized carbons (Fsp3) is 0.300. The monoisotopic (exact) mass is 358 g/mol. The first-order valence-electron chi connectivity index (χ1n) is 8.45. The summed E-state index contributed by atoms with van der Waals surface area (Å²) in [7, 11) is 0. The molecule has 0 bridgehead atoms. The van der Waals surface area contributed by atoms with Crippen LogP contribution in [0.4, 0.5) is 4.39 Å². The summed E-state index contributed by atoms with van der Waals surface area (Å²) in [6.45, 7) is 5.43. The standard InChI is InChI=1S/C20H23FN2O3/c1-13(2)26-18-9-7-15(8-10-18)20(25)22-12-19(24)23-14(3)16-5-4-6-17(21)11-16/h4-11,13-14H,12H2,1-3H3,(H,22,25)(H,23,24). The van der Waals surface area contributed by atoms with Crippen molar-refractivity contribution in [1.82, 2.24) is 10.6 Å². The Morgan fingerprint density at radius 3 is 2.38 bits per heavy atom. The Morgan fingerprint density at radius 1 is 1.08 bits per heavy atom. The molecule has 2 amide bonds. The van der Waals surface area contributed by atoms with Crippen molar-refractivity contribution in [3.8, 4) is 5.75 Å². The van der Waals surface area contributed by atoms with E-state index in [2.05, 4.69) is 10.6 Å². The van der Waals surface area contributed by atoms with Gasteiger partial charge in [-0.15, -0.1) is 0 Å². The summed E-state index contributed by atoms with van der Waals surface area (Å²) in [6.07, 6.45) is 0.0541. The minimum absolute atomic E-state index is 0.0541. The van der Waals surface area contributed by atoms with E-state index in [-0.39, 0.29) is 36.3 Å². The molecule has 2 N–H and O–H groups in total. The summed E-state index contributed by atoms with van der Waals surface area (Å²) < 4.78 is 18.7. The summed E-state index contributed by atoms with van der Waals surface area (Å²) in [5.41, 5.74) is 1.09. The van der Waals surface area contributed by atoms with Gasteiger partial charge in [-0.2, -0.15) is 0 Å². The number of rotatable bonds is 7. The second kappa shape index (κ2) is 8.99. The Kier molecular flexibility index (Phi) is 6.72. The van der Waals surface area contributed by atoms with E-state index in [0.717, 1.165) is 0 Å². The molecule has 0 spiro atoms. The van der Waals surface area contributed by atoms with E-state index in [1.54, 1.807) is 43.3 Å². The lowest BCUT2D eigenvalue weighted by atomic mass is 10.1. The van der Waals surface area contributed by atoms with E-state index < -0.39 is 0 Å². The zero-order chi connectivity index (χ0) is 19.1. The Balaban J connectivity index is 1.83. The highest BCUT2D eigenvalue weighted by Gasteiger charge is 2.12. The molecule has 0 aliphatic carbocycles. The average molecular weight is 358 g/mol. The Morgan fingerprint density at radius 2 is 1.77 bits per heavy atom. The molecule has 1 atom stereocenters. The van der Waals surface area contributed by atoms with Crippen molar-refractivity contribution in [1.29, 1.82) is 0 Å². The van der Waals surface area contributed by atoms with Crippen LogP contribution < -0.4 is 15.4 Å². The first kappa shape index (κ1) is 19.4. The van der Waals surface area contributed by atoms with Crippen LogP contribution in [0.2, 0.25) is 0 Å². The van der Waals surface area contributed by atoms with E-state index >= 15 is 0 Å². The number of hydrogen-bond donors (Lipinski definition) is 2. The van der Waals surface area contributed by atoms with E-state index in [1.165, 1.54) is 12.1 Å². The molecule has 5 nitrogen and oxygen atoms in total. The van der Waals surface area contributed by atoms with Gasteiger partial charge in [0.15, 0.2) is 0 Å². The zero-order valence-electron chi connectivity index (χ0n) is 15.1. The molecule has 2 rings (SSSR count). The molecule has 0 heterocycles. The maximum atomic E-state index is 13.2. The first-order valence-corrected chi connectivity index (χ1v) is 8.45. The van der Waals surface area contributed by atoms with Gasteiger partial charge in [0.1, 0.15) is 11.6 Å². The summed E-state index contributed by atoms with van der Waals surface area (Å²) in [6, 6.07) is 12.4. The maximum Gasteiger partial charge on any atom is 0.251 e. The van der Waals surface area contributed by atoms with Crippen molar-refractivity contribution in [2.45, 2.75) is 32.9 Å². The predicted molar refractivity (Wildman–Crippen MR) is 97.5 cm³/mol. The molecule has 0 aliphatic heterocycles. The van der Waals surface area contributed by atoms with Gasteiger partial charge in [-0.1, -0.05) is 12.1 Å². The van der Waals surface area contributed by atoms with Gasteiger partial charge in [0, 0.05) is 5.56 Å². The van der Waals surface area contributed by atoms with Crippen LogP contribution in [0.25, 0.3) is 0 Å². The number of amides is 2. The number of ether oxygens (including phenoxy) is 1. The van der Waals surface area contributed by atoms with Crippen molar-refractivity contribution in [2.24, 2.45) is 0 Å². The van der Waals surface area contributed by atoms with Crippen molar-refractivity contribution in [2.75, 3.05) is 6.54 Å². The Bertz CT molecular complexity index is 760. The fourth-order valence-corrected chi connectivity index (χ4v) is 2.37. The normalized spacial score (nSPS) is 11.7. The number of benzene rings is 2. The van der Waals surface area contributed by atoms with Crippen LogP contribution in [0.1, 0.15) is 42.7 Å². The second-order valence-electron chi connectivity index (χ2n) is 6.22. The van der Waals surface area contributed by atoms with Crippen molar-refractivity contribution >= 4 is 11.8 Å². The number of carbonyl (C=O) groups is 2. The fourth-order valence-electron chi connectivity index (χ4n) is 2.37. The third-order valence-electron chi connectivity index (χ3n) is 3.62. The van der Waals surface area contributed by atoms with Crippen LogP contribution in [0, 0.1) is 5.82 Å². The summed E-state index contributed by atoms with van der Waals surface area (Å²) >= 11 is 0. The minimum atomic E-state index is -0.359. The van der Waals surface area contributed by atoms with Gasteiger partial charge in [-0.25, -0.2) is 4.39 Å². The molecule has 0 radical (unpaired) electrons. The molecule has 1 unspecified atom stereocenters. The Labute approximate surface area is 152 Å². The Hall–Kier alpha value is -2.89. The van der Waals surface area contributed by atoms with Crippen LogP contribution in [-0.2, 0) is 4.79 Å². The van der Waals surface area contributed by atoms with Gasteiger partial charge >= 0.3 is 0 Å². The summed E-state index contributed by atoms with van der Waals surface area (Å²) in [5, 5.41) is 5.28. The second-order valence-corrected chi connectivity index (χ2v) is 6.22. The topological polar surface area (TPSA) is 67.4 Å². The van der Waals surface area contributed by atoms with Crippen LogP contribution in [0.5, 0.6) is 5.75 Å². The van der Waals surface area contributed by atoms with Gasteiger partial charge in [-0.05, 0) is 62.7 Å². The van der Waals surface area contributed by atoms with Gasteiger partial charge in [0.2, 0.25) is 5.91 Å².